The van der Waals surface area contributed by atoms with Crippen molar-refractivity contribution in [3.63, 3.8) is 0 Å². The number of anilines is 1. The van der Waals surface area contributed by atoms with Crippen LogP contribution in [0.5, 0.6) is 0 Å². The highest BCUT2D eigenvalue weighted by Crippen LogP contribution is 2.29. The van der Waals surface area contributed by atoms with E-state index in [2.05, 4.69) is 31.0 Å². The first-order valence-electron chi connectivity index (χ1n) is 11.9. The predicted molar refractivity (Wildman–Crippen MR) is 151 cm³/mol. The summed E-state index contributed by atoms with van der Waals surface area (Å²) in [7, 11) is 0. The fraction of sp³-hybridized carbons (Fsp3) is 0.0714. The number of tetrazole rings is 1. The molecule has 0 saturated heterocycles. The second-order valence-corrected chi connectivity index (χ2v) is 9.43. The Kier molecular flexibility index (Phi) is 7.91. The highest BCUT2D eigenvalue weighted by atomic mass is 35.5. The summed E-state index contributed by atoms with van der Waals surface area (Å²) in [4.78, 5) is 13.2. The molecule has 0 spiro atoms. The molecular formula is C28H22Cl2N8O. The lowest BCUT2D eigenvalue weighted by Gasteiger charge is -2.18. The monoisotopic (exact) mass is 556 g/mol. The molecule has 39 heavy (non-hydrogen) atoms. The zero-order valence-electron chi connectivity index (χ0n) is 20.4. The number of benzene rings is 3. The molecule has 0 aliphatic heterocycles. The first kappa shape index (κ1) is 26.0. The van der Waals surface area contributed by atoms with Crippen molar-refractivity contribution in [3.05, 3.63) is 118 Å². The van der Waals surface area contributed by atoms with Crippen LogP contribution < -0.4 is 11.1 Å². The summed E-state index contributed by atoms with van der Waals surface area (Å²) in [6.07, 6.45) is 5.05. The van der Waals surface area contributed by atoms with E-state index in [-0.39, 0.29) is 11.1 Å². The third kappa shape index (κ3) is 6.46. The lowest BCUT2D eigenvalue weighted by atomic mass is 10.00. The van der Waals surface area contributed by atoms with Gasteiger partial charge in [0.1, 0.15) is 6.33 Å². The van der Waals surface area contributed by atoms with Crippen LogP contribution in [0, 0.1) is 0 Å². The molecule has 194 valence electrons. The minimum atomic E-state index is -0.486. The van der Waals surface area contributed by atoms with Crippen LogP contribution in [0.4, 0.5) is 5.69 Å². The number of amides is 1. The molecule has 0 radical (unpaired) electrons. The average molecular weight is 557 g/mol. The Bertz CT molecular complexity index is 1610. The molecule has 0 saturated carbocycles. The normalized spacial score (nSPS) is 11.9. The maximum Gasteiger partial charge on any atom is 0.244 e. The number of halogens is 2. The zero-order valence-corrected chi connectivity index (χ0v) is 22.0. The van der Waals surface area contributed by atoms with Crippen LogP contribution in [0.15, 0.2) is 91.3 Å². The van der Waals surface area contributed by atoms with Gasteiger partial charge >= 0.3 is 0 Å². The van der Waals surface area contributed by atoms with Gasteiger partial charge in [0.2, 0.25) is 5.91 Å². The Labute approximate surface area is 234 Å². The molecule has 0 fully saturated rings. The van der Waals surface area contributed by atoms with E-state index in [0.29, 0.717) is 39.6 Å². The second-order valence-electron chi connectivity index (χ2n) is 8.64. The molecule has 2 heterocycles. The van der Waals surface area contributed by atoms with Gasteiger partial charge in [0.05, 0.1) is 17.4 Å². The number of nitrogens with zero attached hydrogens (tertiary/aromatic N) is 6. The summed E-state index contributed by atoms with van der Waals surface area (Å²) < 4.78 is 1.49. The van der Waals surface area contributed by atoms with E-state index in [1.807, 2.05) is 48.5 Å². The van der Waals surface area contributed by atoms with E-state index < -0.39 is 6.04 Å². The Morgan fingerprint density at radius 1 is 1.00 bits per heavy atom. The molecule has 5 rings (SSSR count). The van der Waals surface area contributed by atoms with E-state index in [9.17, 15) is 4.79 Å². The molecule has 0 aliphatic carbocycles. The third-order valence-electron chi connectivity index (χ3n) is 5.95. The van der Waals surface area contributed by atoms with Crippen LogP contribution in [0.3, 0.4) is 0 Å². The second kappa shape index (κ2) is 11.8. The number of nitrogens with two attached hydrogens (primary N) is 1. The summed E-state index contributed by atoms with van der Waals surface area (Å²) in [5.41, 5.74) is 10.9. The lowest BCUT2D eigenvalue weighted by Crippen LogP contribution is -2.29. The smallest absolute Gasteiger partial charge is 0.244 e. The fourth-order valence-corrected chi connectivity index (χ4v) is 4.41. The Morgan fingerprint density at radius 3 is 2.54 bits per heavy atom. The fourth-order valence-electron chi connectivity index (χ4n) is 4.03. The van der Waals surface area contributed by atoms with Crippen molar-refractivity contribution < 1.29 is 4.79 Å². The standard InChI is InChI=1S/C28H22Cl2N8O/c29-21-9-12-26(38-17-32-36-37-38)20(15-21)8-13-27(39)33-24(14-18-4-2-1-3-5-18)25-16-23(28(30)35-34-25)19-6-10-22(31)11-7-19/h1-13,15-17,24H,14,31H2,(H,33,39)/b13-8+/t24-/m0/s1. The highest BCUT2D eigenvalue weighted by Gasteiger charge is 2.19. The van der Waals surface area contributed by atoms with Crippen LogP contribution in [0.1, 0.15) is 22.9 Å². The van der Waals surface area contributed by atoms with Crippen molar-refractivity contribution in [1.82, 2.24) is 35.7 Å². The van der Waals surface area contributed by atoms with E-state index in [0.717, 1.165) is 11.1 Å². The number of hydrogen-bond donors (Lipinski definition) is 2. The molecule has 0 bridgehead atoms. The van der Waals surface area contributed by atoms with E-state index in [1.54, 1.807) is 36.4 Å². The summed E-state index contributed by atoms with van der Waals surface area (Å²) >= 11 is 12.6. The van der Waals surface area contributed by atoms with E-state index in [4.69, 9.17) is 28.9 Å². The summed E-state index contributed by atoms with van der Waals surface area (Å²) in [6.45, 7) is 0. The zero-order chi connectivity index (χ0) is 27.2. The molecule has 3 aromatic carbocycles. The van der Waals surface area contributed by atoms with Gasteiger partial charge in [-0.2, -0.15) is 9.78 Å². The Morgan fingerprint density at radius 2 is 1.79 bits per heavy atom. The van der Waals surface area contributed by atoms with Crippen molar-refractivity contribution >= 4 is 40.9 Å². The number of aromatic nitrogens is 6. The van der Waals surface area contributed by atoms with E-state index >= 15 is 0 Å². The number of nitrogens with one attached hydrogen (secondary N) is 1. The molecule has 3 N–H and O–H groups in total. The van der Waals surface area contributed by atoms with Gasteiger partial charge in [-0.3, -0.25) is 4.79 Å². The molecule has 1 atom stereocenters. The van der Waals surface area contributed by atoms with Crippen molar-refractivity contribution in [2.24, 2.45) is 0 Å². The topological polar surface area (TPSA) is 124 Å². The Balaban J connectivity index is 1.44. The minimum absolute atomic E-state index is 0.254. The molecule has 5 aromatic rings. The maximum absolute atomic E-state index is 13.2. The van der Waals surface area contributed by atoms with Gasteiger partial charge < -0.3 is 11.1 Å². The number of nitrogen functional groups attached to an aromatic ring is 1. The van der Waals surface area contributed by atoms with E-state index in [1.165, 1.54) is 17.1 Å². The first-order chi connectivity index (χ1) is 19.0. The molecule has 0 unspecified atom stereocenters. The minimum Gasteiger partial charge on any atom is -0.399 e. The van der Waals surface area contributed by atoms with Gasteiger partial charge in [-0.15, -0.1) is 10.2 Å². The maximum atomic E-state index is 13.2. The van der Waals surface area contributed by atoms with Crippen molar-refractivity contribution in [2.75, 3.05) is 5.73 Å². The molecule has 0 aliphatic rings. The van der Waals surface area contributed by atoms with Crippen LogP contribution in [0.2, 0.25) is 10.2 Å². The average Bonchev–Trinajstić information content (AvgIpc) is 3.48. The number of rotatable bonds is 8. The van der Waals surface area contributed by atoms with Crippen molar-refractivity contribution in [3.8, 4) is 16.8 Å². The molecule has 11 heteroatoms. The van der Waals surface area contributed by atoms with Crippen LogP contribution >= 0.6 is 23.2 Å². The van der Waals surface area contributed by atoms with Crippen LogP contribution in [-0.2, 0) is 11.2 Å². The quantitative estimate of drug-likeness (QED) is 0.200. The largest absolute Gasteiger partial charge is 0.399 e. The molecule has 1 amide bonds. The molecular weight excluding hydrogens is 535 g/mol. The summed E-state index contributed by atoms with van der Waals surface area (Å²) in [5.74, 6) is -0.329. The third-order valence-corrected chi connectivity index (χ3v) is 6.46. The number of carbonyl (C=O) groups excluding carboxylic acids is 1. The summed E-state index contributed by atoms with van der Waals surface area (Å²) in [5, 5.41) is 23.6. The van der Waals surface area contributed by atoms with Gasteiger partial charge in [-0.25, -0.2) is 0 Å². The number of carbonyl (C=O) groups is 1. The van der Waals surface area contributed by atoms with Crippen molar-refractivity contribution in [2.45, 2.75) is 12.5 Å². The predicted octanol–water partition coefficient (Wildman–Crippen LogP) is 5.12. The van der Waals surface area contributed by atoms with Crippen molar-refractivity contribution in [1.29, 1.82) is 0 Å². The molecule has 2 aromatic heterocycles. The van der Waals surface area contributed by atoms with Gasteiger partial charge in [-0.1, -0.05) is 65.7 Å². The van der Waals surface area contributed by atoms with Gasteiger partial charge in [0.15, 0.2) is 5.15 Å². The van der Waals surface area contributed by atoms with Gasteiger partial charge in [-0.05, 0) is 70.4 Å². The van der Waals surface area contributed by atoms with Gasteiger partial charge in [0, 0.05) is 27.9 Å². The van der Waals surface area contributed by atoms with Gasteiger partial charge in [0.25, 0.3) is 0 Å². The van der Waals surface area contributed by atoms with Crippen LogP contribution in [0.25, 0.3) is 22.9 Å². The lowest BCUT2D eigenvalue weighted by molar-refractivity contribution is -0.117. The highest BCUT2D eigenvalue weighted by molar-refractivity contribution is 6.32. The first-order valence-corrected chi connectivity index (χ1v) is 12.7. The Hall–Kier alpha value is -4.60. The SMILES string of the molecule is Nc1ccc(-c2cc([C@H](Cc3ccccc3)NC(=O)/C=C/c3cc(Cl)ccc3-n3cnnn3)nnc2Cl)cc1. The molecule has 9 nitrogen and oxygen atoms in total. The van der Waals surface area contributed by atoms with Crippen LogP contribution in [-0.4, -0.2) is 36.3 Å². The number of hydrogen-bond acceptors (Lipinski definition) is 7. The summed E-state index contributed by atoms with van der Waals surface area (Å²) in [6, 6.07) is 23.7.